The zero-order chi connectivity index (χ0) is 25.6. The number of benzene rings is 2. The van der Waals surface area contributed by atoms with E-state index in [0.29, 0.717) is 23.1 Å². The van der Waals surface area contributed by atoms with Crippen LogP contribution in [0.3, 0.4) is 0 Å². The molecule has 0 amide bonds. The van der Waals surface area contributed by atoms with Gasteiger partial charge in [0.15, 0.2) is 0 Å². The molecule has 3 heterocycles. The Hall–Kier alpha value is -4.07. The Morgan fingerprint density at radius 3 is 2.19 bits per heavy atom. The number of nitrogens with zero attached hydrogens (tertiary/aromatic N) is 6. The number of hydrogen-bond acceptors (Lipinski definition) is 10. The van der Waals surface area contributed by atoms with E-state index in [1.807, 2.05) is 30.1 Å². The SMILES string of the molecule is COc1cc(N(C)c2ccnc(Nc3cc(N4CCOCC4)cc(N4CCOCC4)c3)n2)ccc1C#N. The van der Waals surface area contributed by atoms with Crippen molar-refractivity contribution in [2.24, 2.45) is 0 Å². The molecule has 2 aliphatic heterocycles. The fourth-order valence-electron chi connectivity index (χ4n) is 4.51. The Balaban J connectivity index is 1.41. The highest BCUT2D eigenvalue weighted by molar-refractivity contribution is 5.72. The highest BCUT2D eigenvalue weighted by Crippen LogP contribution is 2.32. The maximum Gasteiger partial charge on any atom is 0.229 e. The molecule has 2 aromatic carbocycles. The van der Waals surface area contributed by atoms with E-state index in [0.717, 1.165) is 75.4 Å². The van der Waals surface area contributed by atoms with E-state index in [-0.39, 0.29) is 0 Å². The van der Waals surface area contributed by atoms with Gasteiger partial charge in [-0.05, 0) is 36.4 Å². The maximum absolute atomic E-state index is 9.29. The van der Waals surface area contributed by atoms with E-state index in [4.69, 9.17) is 19.2 Å². The predicted octanol–water partition coefficient (Wildman–Crippen LogP) is 3.54. The van der Waals surface area contributed by atoms with Gasteiger partial charge in [0.1, 0.15) is 17.6 Å². The monoisotopic (exact) mass is 501 g/mol. The van der Waals surface area contributed by atoms with Crippen molar-refractivity contribution in [3.05, 3.63) is 54.2 Å². The number of morpholine rings is 2. The van der Waals surface area contributed by atoms with E-state index in [9.17, 15) is 5.26 Å². The Kier molecular flexibility index (Phi) is 7.54. The minimum Gasteiger partial charge on any atom is -0.495 e. The second kappa shape index (κ2) is 11.3. The molecule has 0 unspecified atom stereocenters. The van der Waals surface area contributed by atoms with Crippen LogP contribution in [0, 0.1) is 11.3 Å². The molecule has 0 radical (unpaired) electrons. The van der Waals surface area contributed by atoms with Crippen LogP contribution >= 0.6 is 0 Å². The normalized spacial score (nSPS) is 15.7. The lowest BCUT2D eigenvalue weighted by Crippen LogP contribution is -2.38. The third-order valence-corrected chi connectivity index (χ3v) is 6.59. The summed E-state index contributed by atoms with van der Waals surface area (Å²) < 4.78 is 16.5. The lowest BCUT2D eigenvalue weighted by Gasteiger charge is -2.33. The molecule has 0 aliphatic carbocycles. The molecule has 2 fully saturated rings. The molecule has 37 heavy (non-hydrogen) atoms. The molecule has 192 valence electrons. The van der Waals surface area contributed by atoms with Gasteiger partial charge in [-0.25, -0.2) is 4.98 Å². The summed E-state index contributed by atoms with van der Waals surface area (Å²) in [5.74, 6) is 1.73. The van der Waals surface area contributed by atoms with Gasteiger partial charge in [-0.15, -0.1) is 0 Å². The van der Waals surface area contributed by atoms with Gasteiger partial charge in [-0.3, -0.25) is 0 Å². The van der Waals surface area contributed by atoms with Gasteiger partial charge in [0, 0.05) is 68.2 Å². The molecule has 2 aliphatic rings. The molecular formula is C27H31N7O3. The van der Waals surface area contributed by atoms with Crippen molar-refractivity contribution in [1.82, 2.24) is 9.97 Å². The van der Waals surface area contributed by atoms with Gasteiger partial charge in [0.2, 0.25) is 5.95 Å². The van der Waals surface area contributed by atoms with Crippen molar-refractivity contribution in [2.75, 3.05) is 86.8 Å². The molecule has 10 nitrogen and oxygen atoms in total. The quantitative estimate of drug-likeness (QED) is 0.517. The van der Waals surface area contributed by atoms with Gasteiger partial charge in [-0.2, -0.15) is 10.2 Å². The van der Waals surface area contributed by atoms with Crippen LogP contribution in [-0.4, -0.2) is 76.7 Å². The summed E-state index contributed by atoms with van der Waals surface area (Å²) in [6.07, 6.45) is 1.73. The van der Waals surface area contributed by atoms with Crippen LogP contribution in [0.4, 0.5) is 34.5 Å². The number of hydrogen-bond donors (Lipinski definition) is 1. The Morgan fingerprint density at radius 2 is 1.59 bits per heavy atom. The minimum atomic E-state index is 0.487. The van der Waals surface area contributed by atoms with Crippen LogP contribution in [-0.2, 0) is 9.47 Å². The number of ether oxygens (including phenoxy) is 3. The number of nitriles is 1. The first-order valence-corrected chi connectivity index (χ1v) is 12.4. The van der Waals surface area contributed by atoms with Crippen LogP contribution < -0.4 is 24.8 Å². The van der Waals surface area contributed by atoms with Crippen LogP contribution in [0.5, 0.6) is 5.75 Å². The fourth-order valence-corrected chi connectivity index (χ4v) is 4.51. The lowest BCUT2D eigenvalue weighted by molar-refractivity contribution is 0.122. The molecule has 0 atom stereocenters. The second-order valence-electron chi connectivity index (χ2n) is 8.86. The van der Waals surface area contributed by atoms with Crippen molar-refractivity contribution in [2.45, 2.75) is 0 Å². The van der Waals surface area contributed by atoms with Crippen LogP contribution in [0.15, 0.2) is 48.7 Å². The van der Waals surface area contributed by atoms with Crippen LogP contribution in [0.1, 0.15) is 5.56 Å². The number of rotatable bonds is 7. The summed E-state index contributed by atoms with van der Waals surface area (Å²) in [7, 11) is 3.48. The molecule has 0 saturated carbocycles. The standard InChI is InChI=1S/C27H31N7O3/c1-32(22-4-3-20(19-28)25(18-22)35-2)26-5-6-29-27(31-26)30-21-15-23(33-7-11-36-12-8-33)17-24(16-21)34-9-13-37-14-10-34/h3-6,15-18H,7-14H2,1-2H3,(H,29,30,31). The lowest BCUT2D eigenvalue weighted by atomic mass is 10.2. The van der Waals surface area contributed by atoms with Crippen LogP contribution in [0.25, 0.3) is 0 Å². The first-order valence-electron chi connectivity index (χ1n) is 12.4. The van der Waals surface area contributed by atoms with E-state index < -0.39 is 0 Å². The number of anilines is 6. The highest BCUT2D eigenvalue weighted by atomic mass is 16.5. The van der Waals surface area contributed by atoms with Crippen molar-refractivity contribution < 1.29 is 14.2 Å². The van der Waals surface area contributed by atoms with Crippen LogP contribution in [0.2, 0.25) is 0 Å². The van der Waals surface area contributed by atoms with Crippen molar-refractivity contribution in [1.29, 1.82) is 5.26 Å². The Bertz CT molecular complexity index is 1230. The van der Waals surface area contributed by atoms with Gasteiger partial charge >= 0.3 is 0 Å². The number of nitrogens with one attached hydrogen (secondary N) is 1. The van der Waals surface area contributed by atoms with Gasteiger partial charge < -0.3 is 34.2 Å². The van der Waals surface area contributed by atoms with E-state index >= 15 is 0 Å². The van der Waals surface area contributed by atoms with Crippen molar-refractivity contribution in [3.63, 3.8) is 0 Å². The topological polar surface area (TPSA) is 99.0 Å². The third kappa shape index (κ3) is 5.69. The molecule has 0 bridgehead atoms. The maximum atomic E-state index is 9.29. The molecule has 1 N–H and O–H groups in total. The Labute approximate surface area is 217 Å². The van der Waals surface area contributed by atoms with Crippen molar-refractivity contribution in [3.8, 4) is 11.8 Å². The average molecular weight is 502 g/mol. The smallest absolute Gasteiger partial charge is 0.229 e. The largest absolute Gasteiger partial charge is 0.495 e. The van der Waals surface area contributed by atoms with Gasteiger partial charge in [-0.1, -0.05) is 0 Å². The highest BCUT2D eigenvalue weighted by Gasteiger charge is 2.18. The van der Waals surface area contributed by atoms with Crippen molar-refractivity contribution >= 4 is 34.5 Å². The molecule has 1 aromatic heterocycles. The molecule has 0 spiro atoms. The zero-order valence-corrected chi connectivity index (χ0v) is 21.2. The fraction of sp³-hybridized carbons (Fsp3) is 0.370. The number of methoxy groups -OCH3 is 1. The zero-order valence-electron chi connectivity index (χ0n) is 21.2. The molecule has 5 rings (SSSR count). The first kappa shape index (κ1) is 24.6. The first-order chi connectivity index (χ1) is 18.1. The molecule has 2 saturated heterocycles. The van der Waals surface area contributed by atoms with E-state index in [1.165, 1.54) is 0 Å². The summed E-state index contributed by atoms with van der Waals surface area (Å²) in [5, 5.41) is 12.7. The molecule has 3 aromatic rings. The molecule has 10 heteroatoms. The summed E-state index contributed by atoms with van der Waals surface area (Å²) in [4.78, 5) is 15.9. The molecular weight excluding hydrogens is 470 g/mol. The van der Waals surface area contributed by atoms with Gasteiger partial charge in [0.05, 0.1) is 39.1 Å². The van der Waals surface area contributed by atoms with E-state index in [2.05, 4.69) is 44.4 Å². The second-order valence-corrected chi connectivity index (χ2v) is 8.86. The third-order valence-electron chi connectivity index (χ3n) is 6.59. The number of aromatic nitrogens is 2. The summed E-state index contributed by atoms with van der Waals surface area (Å²) in [5.41, 5.74) is 4.55. The average Bonchev–Trinajstić information content (AvgIpc) is 2.97. The predicted molar refractivity (Wildman–Crippen MR) is 144 cm³/mol. The van der Waals surface area contributed by atoms with Gasteiger partial charge in [0.25, 0.3) is 0 Å². The summed E-state index contributed by atoms with van der Waals surface area (Å²) >= 11 is 0. The summed E-state index contributed by atoms with van der Waals surface area (Å²) in [6.45, 7) is 6.33. The summed E-state index contributed by atoms with van der Waals surface area (Å²) in [6, 6.07) is 16.0. The Morgan fingerprint density at radius 1 is 0.946 bits per heavy atom. The van der Waals surface area contributed by atoms with E-state index in [1.54, 1.807) is 19.4 Å². The minimum absolute atomic E-state index is 0.487.